The van der Waals surface area contributed by atoms with Gasteiger partial charge in [0.25, 0.3) is 0 Å². The van der Waals surface area contributed by atoms with Crippen molar-refractivity contribution < 1.29 is 34.2 Å². The van der Waals surface area contributed by atoms with Crippen molar-refractivity contribution in [3.8, 4) is 5.75 Å². The maximum absolute atomic E-state index is 12.8. The number of carbonyl (C=O) groups is 5. The van der Waals surface area contributed by atoms with Crippen molar-refractivity contribution in [3.63, 3.8) is 0 Å². The number of hydrogen-bond acceptors (Lipinski definition) is 7. The molecule has 0 heterocycles. The molecule has 0 bridgehead atoms. The highest BCUT2D eigenvalue weighted by molar-refractivity contribution is 5.94. The number of carboxylic acids is 1. The van der Waals surface area contributed by atoms with Crippen LogP contribution in [-0.2, 0) is 30.4 Å². The van der Waals surface area contributed by atoms with Crippen LogP contribution in [0.15, 0.2) is 24.3 Å². The monoisotopic (exact) mass is 493 g/mol. The normalized spacial score (nSPS) is 14.3. The van der Waals surface area contributed by atoms with Crippen LogP contribution >= 0.6 is 0 Å². The zero-order valence-corrected chi connectivity index (χ0v) is 20.1. The Morgan fingerprint density at radius 1 is 0.886 bits per heavy atom. The Bertz CT molecular complexity index is 904. The third-order valence-electron chi connectivity index (χ3n) is 5.11. The van der Waals surface area contributed by atoms with Crippen molar-refractivity contribution >= 4 is 29.6 Å². The highest BCUT2D eigenvalue weighted by Crippen LogP contribution is 2.11. The van der Waals surface area contributed by atoms with E-state index in [1.54, 1.807) is 12.1 Å². The van der Waals surface area contributed by atoms with Gasteiger partial charge in [-0.3, -0.25) is 19.2 Å². The molecular formula is C23H35N5O7. The molecule has 0 aliphatic heterocycles. The summed E-state index contributed by atoms with van der Waals surface area (Å²) in [6.07, 6.45) is -0.000636. The Kier molecular flexibility index (Phi) is 11.7. The number of phenolic OH excluding ortho intramolecular Hbond substituents is 1. The van der Waals surface area contributed by atoms with E-state index in [1.165, 1.54) is 19.1 Å². The molecule has 35 heavy (non-hydrogen) atoms. The molecule has 4 atom stereocenters. The van der Waals surface area contributed by atoms with Crippen molar-refractivity contribution in [2.75, 3.05) is 0 Å². The number of primary amides is 1. The number of nitrogens with two attached hydrogens (primary N) is 2. The second kappa shape index (κ2) is 13.9. The summed E-state index contributed by atoms with van der Waals surface area (Å²) in [5, 5.41) is 25.9. The maximum Gasteiger partial charge on any atom is 0.326 e. The zero-order chi connectivity index (χ0) is 26.7. The molecule has 0 radical (unpaired) electrons. The molecule has 0 saturated carbocycles. The predicted octanol–water partition coefficient (Wildman–Crippen LogP) is -0.867. The van der Waals surface area contributed by atoms with E-state index in [4.69, 9.17) is 11.5 Å². The Labute approximate surface area is 203 Å². The van der Waals surface area contributed by atoms with Crippen LogP contribution in [0, 0.1) is 5.92 Å². The van der Waals surface area contributed by atoms with Gasteiger partial charge in [0.05, 0.1) is 6.04 Å². The van der Waals surface area contributed by atoms with Crippen LogP contribution in [0.4, 0.5) is 0 Å². The van der Waals surface area contributed by atoms with E-state index in [0.717, 1.165) is 0 Å². The molecular weight excluding hydrogens is 458 g/mol. The van der Waals surface area contributed by atoms with Gasteiger partial charge in [0.1, 0.15) is 23.9 Å². The lowest BCUT2D eigenvalue weighted by molar-refractivity contribution is -0.142. The number of phenols is 1. The standard InChI is InChI=1S/C23H35N5O7/c1-12(2)10-18(23(34)35)28-20(31)13(3)26-22(33)17(8-9-19(25)30)27-21(32)16(24)11-14-4-6-15(29)7-5-14/h4-7,12-13,16-18,29H,8-11,24H2,1-3H3,(H2,25,30)(H,26,33)(H,27,32)(H,28,31)(H,34,35)/t13-,16-,17-,18-/m0/s1. The van der Waals surface area contributed by atoms with Crippen LogP contribution < -0.4 is 27.4 Å². The molecule has 194 valence electrons. The number of rotatable bonds is 14. The lowest BCUT2D eigenvalue weighted by Crippen LogP contribution is -2.56. The van der Waals surface area contributed by atoms with Gasteiger partial charge in [0.15, 0.2) is 0 Å². The first-order chi connectivity index (χ1) is 16.3. The highest BCUT2D eigenvalue weighted by Gasteiger charge is 2.28. The first-order valence-electron chi connectivity index (χ1n) is 11.3. The minimum absolute atomic E-state index is 0.0143. The fourth-order valence-electron chi connectivity index (χ4n) is 3.18. The number of carbonyl (C=O) groups excluding carboxylic acids is 4. The first-order valence-corrected chi connectivity index (χ1v) is 11.3. The SMILES string of the molecule is CC(C)C[C@H](NC(=O)[C@H](C)NC(=O)[C@H](CCC(N)=O)NC(=O)[C@@H](N)Cc1ccc(O)cc1)C(=O)O. The Morgan fingerprint density at radius 3 is 1.97 bits per heavy atom. The van der Waals surface area contributed by atoms with Gasteiger partial charge in [0, 0.05) is 6.42 Å². The molecule has 12 heteroatoms. The van der Waals surface area contributed by atoms with E-state index < -0.39 is 53.8 Å². The molecule has 1 rings (SSSR count). The summed E-state index contributed by atoms with van der Waals surface area (Å²) < 4.78 is 0. The van der Waals surface area contributed by atoms with Gasteiger partial charge in [-0.2, -0.15) is 0 Å². The topological polar surface area (TPSA) is 214 Å². The van der Waals surface area contributed by atoms with Crippen molar-refractivity contribution in [3.05, 3.63) is 29.8 Å². The lowest BCUT2D eigenvalue weighted by atomic mass is 10.0. The molecule has 1 aromatic carbocycles. The number of nitrogens with one attached hydrogen (secondary N) is 3. The number of benzene rings is 1. The molecule has 0 spiro atoms. The van der Waals surface area contributed by atoms with Gasteiger partial charge < -0.3 is 37.6 Å². The Balaban J connectivity index is 2.81. The van der Waals surface area contributed by atoms with Gasteiger partial charge in [0.2, 0.25) is 23.6 Å². The third-order valence-corrected chi connectivity index (χ3v) is 5.11. The molecule has 0 aliphatic rings. The van der Waals surface area contributed by atoms with Crippen molar-refractivity contribution in [2.24, 2.45) is 17.4 Å². The summed E-state index contributed by atoms with van der Waals surface area (Å²) in [6.45, 7) is 4.99. The van der Waals surface area contributed by atoms with Gasteiger partial charge in [-0.15, -0.1) is 0 Å². The average molecular weight is 494 g/mol. The minimum atomic E-state index is -1.21. The molecule has 0 aliphatic carbocycles. The predicted molar refractivity (Wildman–Crippen MR) is 127 cm³/mol. The molecule has 4 amide bonds. The molecule has 9 N–H and O–H groups in total. The van der Waals surface area contributed by atoms with Gasteiger partial charge in [-0.25, -0.2) is 4.79 Å². The fourth-order valence-corrected chi connectivity index (χ4v) is 3.18. The van der Waals surface area contributed by atoms with Gasteiger partial charge in [-0.05, 0) is 49.8 Å². The van der Waals surface area contributed by atoms with E-state index >= 15 is 0 Å². The lowest BCUT2D eigenvalue weighted by Gasteiger charge is -2.23. The Hall–Kier alpha value is -3.67. The first kappa shape index (κ1) is 29.4. The average Bonchev–Trinajstić information content (AvgIpc) is 2.76. The fraction of sp³-hybridized carbons (Fsp3) is 0.522. The van der Waals surface area contributed by atoms with Crippen LogP contribution in [-0.4, -0.2) is 64.0 Å². The molecule has 1 aromatic rings. The Morgan fingerprint density at radius 2 is 1.46 bits per heavy atom. The summed E-state index contributed by atoms with van der Waals surface area (Å²) in [7, 11) is 0. The second-order valence-electron chi connectivity index (χ2n) is 8.80. The van der Waals surface area contributed by atoms with Crippen molar-refractivity contribution in [2.45, 2.75) is 70.6 Å². The highest BCUT2D eigenvalue weighted by atomic mass is 16.4. The summed E-state index contributed by atoms with van der Waals surface area (Å²) in [5.74, 6) is -3.94. The van der Waals surface area contributed by atoms with Crippen LogP contribution in [0.2, 0.25) is 0 Å². The maximum atomic E-state index is 12.8. The van der Waals surface area contributed by atoms with Crippen LogP contribution in [0.25, 0.3) is 0 Å². The molecule has 0 saturated heterocycles. The number of hydrogen-bond donors (Lipinski definition) is 7. The quantitative estimate of drug-likeness (QED) is 0.172. The summed E-state index contributed by atoms with van der Waals surface area (Å²) in [4.78, 5) is 60.4. The number of amides is 4. The summed E-state index contributed by atoms with van der Waals surface area (Å²) in [5.41, 5.74) is 11.8. The van der Waals surface area contributed by atoms with E-state index in [0.29, 0.717) is 5.56 Å². The van der Waals surface area contributed by atoms with E-state index in [2.05, 4.69) is 16.0 Å². The summed E-state index contributed by atoms with van der Waals surface area (Å²) in [6, 6.07) is 1.63. The van der Waals surface area contributed by atoms with E-state index in [1.807, 2.05) is 13.8 Å². The smallest absolute Gasteiger partial charge is 0.326 e. The number of carboxylic acid groups (broad SMARTS) is 1. The van der Waals surface area contributed by atoms with Crippen molar-refractivity contribution in [1.82, 2.24) is 16.0 Å². The third kappa shape index (κ3) is 10.9. The molecule has 0 fully saturated rings. The summed E-state index contributed by atoms with van der Waals surface area (Å²) >= 11 is 0. The van der Waals surface area contributed by atoms with Crippen LogP contribution in [0.5, 0.6) is 5.75 Å². The van der Waals surface area contributed by atoms with E-state index in [9.17, 15) is 34.2 Å². The molecule has 12 nitrogen and oxygen atoms in total. The molecule has 0 aromatic heterocycles. The number of aromatic hydroxyl groups is 1. The van der Waals surface area contributed by atoms with Crippen LogP contribution in [0.1, 0.15) is 45.6 Å². The van der Waals surface area contributed by atoms with E-state index in [-0.39, 0.29) is 37.4 Å². The minimum Gasteiger partial charge on any atom is -0.508 e. The largest absolute Gasteiger partial charge is 0.508 e. The second-order valence-corrected chi connectivity index (χ2v) is 8.80. The number of aliphatic carboxylic acids is 1. The van der Waals surface area contributed by atoms with Crippen molar-refractivity contribution in [1.29, 1.82) is 0 Å². The van der Waals surface area contributed by atoms with Gasteiger partial charge in [-0.1, -0.05) is 26.0 Å². The van der Waals surface area contributed by atoms with Gasteiger partial charge >= 0.3 is 5.97 Å². The van der Waals surface area contributed by atoms with Crippen LogP contribution in [0.3, 0.4) is 0 Å². The molecule has 0 unspecified atom stereocenters. The zero-order valence-electron chi connectivity index (χ0n) is 20.1.